The first-order valence-corrected chi connectivity index (χ1v) is 8.76. The van der Waals surface area contributed by atoms with E-state index in [-0.39, 0.29) is 11.9 Å². The number of nitrogens with one attached hydrogen (secondary N) is 1. The second-order valence-corrected chi connectivity index (χ2v) is 6.94. The molecule has 1 N–H and O–H groups in total. The summed E-state index contributed by atoms with van der Waals surface area (Å²) in [5, 5.41) is 3.04. The van der Waals surface area contributed by atoms with E-state index in [0.717, 1.165) is 38.5 Å². The summed E-state index contributed by atoms with van der Waals surface area (Å²) in [5.74, 6) is 0.908. The lowest BCUT2D eigenvalue weighted by atomic mass is 9.89. The van der Waals surface area contributed by atoms with Gasteiger partial charge in [0.25, 0.3) is 0 Å². The van der Waals surface area contributed by atoms with Crippen LogP contribution in [0, 0.1) is 5.92 Å². The number of amides is 1. The Hall–Kier alpha value is -1.39. The number of carbonyl (C=O) groups is 1. The second-order valence-electron chi connectivity index (χ2n) is 6.94. The lowest BCUT2D eigenvalue weighted by Crippen LogP contribution is -2.49. The summed E-state index contributed by atoms with van der Waals surface area (Å²) in [6, 6.07) is 10.7. The molecule has 4 heteroatoms. The fraction of sp³-hybridized carbons (Fsp3) is 0.632. The highest BCUT2D eigenvalue weighted by Crippen LogP contribution is 2.22. The minimum Gasteiger partial charge on any atom is -0.353 e. The van der Waals surface area contributed by atoms with Crippen LogP contribution in [-0.2, 0) is 11.2 Å². The number of carbonyl (C=O) groups excluding carboxylic acids is 1. The van der Waals surface area contributed by atoms with Crippen molar-refractivity contribution in [2.45, 2.75) is 32.2 Å². The molecule has 0 spiro atoms. The van der Waals surface area contributed by atoms with Crippen LogP contribution in [0.4, 0.5) is 0 Å². The van der Waals surface area contributed by atoms with Gasteiger partial charge in [-0.3, -0.25) is 9.69 Å². The number of piperidine rings is 1. The van der Waals surface area contributed by atoms with Crippen LogP contribution in [0.2, 0.25) is 0 Å². The number of rotatable bonds is 7. The smallest absolute Gasteiger partial charge is 0.237 e. The molecule has 0 aromatic heterocycles. The maximum absolute atomic E-state index is 12.2. The molecular formula is C19H31N3O. The molecule has 1 atom stereocenters. The molecule has 1 aromatic rings. The lowest BCUT2D eigenvalue weighted by molar-refractivity contribution is -0.126. The van der Waals surface area contributed by atoms with Gasteiger partial charge >= 0.3 is 0 Å². The van der Waals surface area contributed by atoms with Gasteiger partial charge in [0.05, 0.1) is 6.04 Å². The van der Waals surface area contributed by atoms with Gasteiger partial charge in [-0.2, -0.15) is 0 Å². The Morgan fingerprint density at radius 2 is 1.91 bits per heavy atom. The van der Waals surface area contributed by atoms with Crippen LogP contribution in [0.5, 0.6) is 0 Å². The Morgan fingerprint density at radius 3 is 2.52 bits per heavy atom. The Balaban J connectivity index is 1.71. The summed E-state index contributed by atoms with van der Waals surface area (Å²) in [7, 11) is 4.04. The zero-order valence-corrected chi connectivity index (χ0v) is 14.8. The summed E-state index contributed by atoms with van der Waals surface area (Å²) in [6.45, 7) is 5.69. The first kappa shape index (κ1) is 18.0. The zero-order chi connectivity index (χ0) is 16.7. The van der Waals surface area contributed by atoms with E-state index >= 15 is 0 Å². The van der Waals surface area contributed by atoms with Gasteiger partial charge in [-0.1, -0.05) is 30.3 Å². The van der Waals surface area contributed by atoms with Crippen LogP contribution in [0.1, 0.15) is 25.3 Å². The Bertz CT molecular complexity index is 467. The van der Waals surface area contributed by atoms with Gasteiger partial charge in [0.2, 0.25) is 5.91 Å². The second kappa shape index (κ2) is 9.04. The summed E-state index contributed by atoms with van der Waals surface area (Å²) in [4.78, 5) is 16.6. The molecule has 1 aliphatic rings. The van der Waals surface area contributed by atoms with Crippen LogP contribution in [0.15, 0.2) is 30.3 Å². The fourth-order valence-corrected chi connectivity index (χ4v) is 3.21. The average molecular weight is 317 g/mol. The summed E-state index contributed by atoms with van der Waals surface area (Å²) < 4.78 is 0. The van der Waals surface area contributed by atoms with Crippen LogP contribution in [-0.4, -0.2) is 62.0 Å². The van der Waals surface area contributed by atoms with Gasteiger partial charge < -0.3 is 10.2 Å². The van der Waals surface area contributed by atoms with E-state index in [2.05, 4.69) is 45.4 Å². The van der Waals surface area contributed by atoms with Crippen LogP contribution in [0.3, 0.4) is 0 Å². The molecule has 0 saturated carbocycles. The third-order valence-electron chi connectivity index (χ3n) is 4.80. The largest absolute Gasteiger partial charge is 0.353 e. The lowest BCUT2D eigenvalue weighted by Gasteiger charge is -2.35. The van der Waals surface area contributed by atoms with E-state index in [1.165, 1.54) is 18.4 Å². The molecule has 1 aromatic carbocycles. The van der Waals surface area contributed by atoms with E-state index in [1.54, 1.807) is 0 Å². The highest BCUT2D eigenvalue weighted by atomic mass is 16.2. The van der Waals surface area contributed by atoms with Crippen molar-refractivity contribution in [3.8, 4) is 0 Å². The van der Waals surface area contributed by atoms with Gasteiger partial charge in [0.15, 0.2) is 0 Å². The average Bonchev–Trinajstić information content (AvgIpc) is 2.55. The fourth-order valence-electron chi connectivity index (χ4n) is 3.21. The van der Waals surface area contributed by atoms with Crippen molar-refractivity contribution >= 4 is 5.91 Å². The van der Waals surface area contributed by atoms with Crippen molar-refractivity contribution in [3.05, 3.63) is 35.9 Å². The minimum atomic E-state index is -0.0187. The van der Waals surface area contributed by atoms with E-state index in [4.69, 9.17) is 0 Å². The molecule has 1 saturated heterocycles. The molecule has 4 nitrogen and oxygen atoms in total. The molecule has 1 aliphatic heterocycles. The number of benzene rings is 1. The summed E-state index contributed by atoms with van der Waals surface area (Å²) in [5.41, 5.74) is 1.43. The van der Waals surface area contributed by atoms with Crippen molar-refractivity contribution in [3.63, 3.8) is 0 Å². The molecule has 1 fully saturated rings. The molecule has 1 heterocycles. The molecule has 1 amide bonds. The zero-order valence-electron chi connectivity index (χ0n) is 14.8. The van der Waals surface area contributed by atoms with Crippen molar-refractivity contribution in [2.24, 2.45) is 5.92 Å². The van der Waals surface area contributed by atoms with Crippen molar-refractivity contribution in [1.29, 1.82) is 0 Å². The highest BCUT2D eigenvalue weighted by Gasteiger charge is 2.26. The Kier molecular flexibility index (Phi) is 7.06. The van der Waals surface area contributed by atoms with Crippen molar-refractivity contribution < 1.29 is 4.79 Å². The van der Waals surface area contributed by atoms with E-state index in [9.17, 15) is 4.79 Å². The summed E-state index contributed by atoms with van der Waals surface area (Å²) in [6.07, 6.45) is 3.53. The predicted octanol–water partition coefficient (Wildman–Crippen LogP) is 2.01. The Morgan fingerprint density at radius 1 is 1.26 bits per heavy atom. The third-order valence-corrected chi connectivity index (χ3v) is 4.80. The molecule has 0 bridgehead atoms. The van der Waals surface area contributed by atoms with E-state index < -0.39 is 0 Å². The van der Waals surface area contributed by atoms with E-state index in [1.807, 2.05) is 21.0 Å². The summed E-state index contributed by atoms with van der Waals surface area (Å²) >= 11 is 0. The topological polar surface area (TPSA) is 35.6 Å². The number of likely N-dealkylation sites (tertiary alicyclic amines) is 1. The number of hydrogen-bond donors (Lipinski definition) is 1. The first-order chi connectivity index (χ1) is 11.1. The molecule has 0 radical (unpaired) electrons. The highest BCUT2D eigenvalue weighted by molar-refractivity contribution is 5.81. The Labute approximate surface area is 140 Å². The van der Waals surface area contributed by atoms with Crippen LogP contribution in [0.25, 0.3) is 0 Å². The van der Waals surface area contributed by atoms with Crippen molar-refractivity contribution in [2.75, 3.05) is 40.3 Å². The molecule has 23 heavy (non-hydrogen) atoms. The number of hydrogen-bond acceptors (Lipinski definition) is 3. The quantitative estimate of drug-likeness (QED) is 0.835. The SMILES string of the molecule is C[C@@H](C(=O)NCCN(C)C)N1CCC(Cc2ccccc2)CC1. The number of likely N-dealkylation sites (N-methyl/N-ethyl adjacent to an activating group) is 1. The maximum Gasteiger partial charge on any atom is 0.237 e. The molecule has 2 rings (SSSR count). The maximum atomic E-state index is 12.2. The molecule has 0 unspecified atom stereocenters. The minimum absolute atomic E-state index is 0.0187. The van der Waals surface area contributed by atoms with Gasteiger partial charge in [-0.05, 0) is 64.9 Å². The van der Waals surface area contributed by atoms with Gasteiger partial charge in [0.1, 0.15) is 0 Å². The number of nitrogens with zero attached hydrogens (tertiary/aromatic N) is 2. The normalized spacial score (nSPS) is 18.1. The van der Waals surface area contributed by atoms with Crippen LogP contribution >= 0.6 is 0 Å². The van der Waals surface area contributed by atoms with Crippen LogP contribution < -0.4 is 5.32 Å². The predicted molar refractivity (Wildman–Crippen MR) is 95.5 cm³/mol. The van der Waals surface area contributed by atoms with Gasteiger partial charge in [0, 0.05) is 13.1 Å². The first-order valence-electron chi connectivity index (χ1n) is 8.76. The monoisotopic (exact) mass is 317 g/mol. The van der Waals surface area contributed by atoms with E-state index in [0.29, 0.717) is 0 Å². The van der Waals surface area contributed by atoms with Gasteiger partial charge in [-0.15, -0.1) is 0 Å². The van der Waals surface area contributed by atoms with Crippen molar-refractivity contribution in [1.82, 2.24) is 15.1 Å². The van der Waals surface area contributed by atoms with Gasteiger partial charge in [-0.25, -0.2) is 0 Å². The molecular weight excluding hydrogens is 286 g/mol. The standard InChI is InChI=1S/C19H31N3O/c1-16(19(23)20-11-14-21(2)3)22-12-9-18(10-13-22)15-17-7-5-4-6-8-17/h4-8,16,18H,9-15H2,1-3H3,(H,20,23)/t16-/m0/s1. The molecule has 128 valence electrons. The third kappa shape index (κ3) is 5.96. The molecule has 0 aliphatic carbocycles.